The highest BCUT2D eigenvalue weighted by atomic mass is 32.1. The summed E-state index contributed by atoms with van der Waals surface area (Å²) in [6.45, 7) is 0. The highest BCUT2D eigenvalue weighted by Crippen LogP contribution is 2.40. The predicted octanol–water partition coefficient (Wildman–Crippen LogP) is 5.12. The number of rotatable bonds is 2. The molecule has 8 heteroatoms. The average molecular weight is 358 g/mol. The van der Waals surface area contributed by atoms with Gasteiger partial charge < -0.3 is 0 Å². The van der Waals surface area contributed by atoms with E-state index in [9.17, 15) is 22.0 Å². The van der Waals surface area contributed by atoms with Crippen molar-refractivity contribution in [2.45, 2.75) is 23.5 Å². The molecule has 3 rings (SSSR count). The average Bonchev–Trinajstić information content (AvgIpc) is 2.93. The zero-order chi connectivity index (χ0) is 17.5. The van der Waals surface area contributed by atoms with E-state index >= 15 is 0 Å². The molecule has 0 bridgehead atoms. The maximum Gasteiger partial charge on any atom is 0.431 e. The van der Waals surface area contributed by atoms with Gasteiger partial charge in [-0.15, -0.1) is 12.6 Å². The zero-order valence-corrected chi connectivity index (χ0v) is 13.0. The number of alkyl halides is 3. The van der Waals surface area contributed by atoms with Crippen molar-refractivity contribution in [3.05, 3.63) is 59.7 Å². The Bertz CT molecular complexity index is 786. The third-order valence-electron chi connectivity index (χ3n) is 3.67. The largest absolute Gasteiger partial charge is 0.431 e. The topological polar surface area (TPSA) is 15.6 Å². The minimum absolute atomic E-state index is 0.0469. The summed E-state index contributed by atoms with van der Waals surface area (Å²) in [6.07, 6.45) is -5.14. The monoisotopic (exact) mass is 358 g/mol. The third kappa shape index (κ3) is 3.24. The molecular formula is C16H11F5N2S. The van der Waals surface area contributed by atoms with Gasteiger partial charge in [0.25, 0.3) is 0 Å². The Morgan fingerprint density at radius 3 is 2.29 bits per heavy atom. The molecule has 0 N–H and O–H groups in total. The Morgan fingerprint density at radius 2 is 1.71 bits per heavy atom. The second kappa shape index (κ2) is 6.08. The van der Waals surface area contributed by atoms with Gasteiger partial charge >= 0.3 is 6.18 Å². The third-order valence-corrected chi connectivity index (χ3v) is 3.97. The number of nitrogens with zero attached hydrogens (tertiary/aromatic N) is 2. The summed E-state index contributed by atoms with van der Waals surface area (Å²) in [6, 6.07) is 8.07. The minimum Gasteiger partial charge on any atom is -0.257 e. The van der Waals surface area contributed by atoms with E-state index < -0.39 is 36.0 Å². The first-order valence-corrected chi connectivity index (χ1v) is 7.38. The van der Waals surface area contributed by atoms with Crippen molar-refractivity contribution in [3.8, 4) is 0 Å². The summed E-state index contributed by atoms with van der Waals surface area (Å²) in [5, 5.41) is 4.72. The molecule has 0 saturated heterocycles. The standard InChI is InChI=1S/C16H11F5N2S/c17-9-1-6-12(13(18)7-9)14-8-15(16(19,20)21)22-23(14)10-2-4-11(24)5-3-10/h1-7,14,24H,8H2. The van der Waals surface area contributed by atoms with Crippen LogP contribution in [-0.4, -0.2) is 11.9 Å². The Balaban J connectivity index is 2.05. The van der Waals surface area contributed by atoms with Crippen LogP contribution in [0.1, 0.15) is 18.0 Å². The maximum atomic E-state index is 14.1. The van der Waals surface area contributed by atoms with Crippen molar-refractivity contribution in [2.24, 2.45) is 5.10 Å². The van der Waals surface area contributed by atoms with Gasteiger partial charge in [0.15, 0.2) is 0 Å². The van der Waals surface area contributed by atoms with Crippen LogP contribution < -0.4 is 5.01 Å². The van der Waals surface area contributed by atoms with Crippen LogP contribution in [-0.2, 0) is 0 Å². The maximum absolute atomic E-state index is 14.1. The fourth-order valence-electron chi connectivity index (χ4n) is 2.54. The van der Waals surface area contributed by atoms with E-state index in [0.717, 1.165) is 17.1 Å². The summed E-state index contributed by atoms with van der Waals surface area (Å²) in [5.74, 6) is -1.70. The normalized spacial score (nSPS) is 18.0. The molecule has 1 aliphatic rings. The summed E-state index contributed by atoms with van der Waals surface area (Å²) in [7, 11) is 0. The van der Waals surface area contributed by atoms with Gasteiger partial charge in [-0.1, -0.05) is 6.07 Å². The molecule has 0 aromatic heterocycles. The summed E-state index contributed by atoms with van der Waals surface area (Å²) in [5.41, 5.74) is -0.693. The number of hydrogen-bond acceptors (Lipinski definition) is 3. The fraction of sp³-hybridized carbons (Fsp3) is 0.188. The molecule has 0 aliphatic carbocycles. The molecule has 2 aromatic carbocycles. The Labute approximate surface area is 140 Å². The van der Waals surface area contributed by atoms with Crippen molar-refractivity contribution >= 4 is 24.0 Å². The van der Waals surface area contributed by atoms with Crippen LogP contribution in [0.3, 0.4) is 0 Å². The van der Waals surface area contributed by atoms with Crippen molar-refractivity contribution in [2.75, 3.05) is 5.01 Å². The van der Waals surface area contributed by atoms with Crippen LogP contribution >= 0.6 is 12.6 Å². The fourth-order valence-corrected chi connectivity index (χ4v) is 2.69. The van der Waals surface area contributed by atoms with Gasteiger partial charge in [-0.2, -0.15) is 18.3 Å². The Kier molecular flexibility index (Phi) is 4.25. The zero-order valence-electron chi connectivity index (χ0n) is 12.1. The second-order valence-corrected chi connectivity index (χ2v) is 5.81. The van der Waals surface area contributed by atoms with Crippen molar-refractivity contribution in [1.82, 2.24) is 0 Å². The van der Waals surface area contributed by atoms with E-state index in [4.69, 9.17) is 0 Å². The van der Waals surface area contributed by atoms with E-state index in [1.54, 1.807) is 24.3 Å². The number of hydrogen-bond donors (Lipinski definition) is 1. The quantitative estimate of drug-likeness (QED) is 0.582. The molecular weight excluding hydrogens is 347 g/mol. The lowest BCUT2D eigenvalue weighted by Crippen LogP contribution is -2.22. The number of benzene rings is 2. The molecule has 1 atom stereocenters. The van der Waals surface area contributed by atoms with Gasteiger partial charge in [0.2, 0.25) is 0 Å². The van der Waals surface area contributed by atoms with Gasteiger partial charge in [-0.3, -0.25) is 5.01 Å². The Morgan fingerprint density at radius 1 is 1.04 bits per heavy atom. The molecule has 1 heterocycles. The SMILES string of the molecule is Fc1ccc(C2CC(C(F)(F)F)=NN2c2ccc(S)cc2)c(F)c1. The van der Waals surface area contributed by atoms with Crippen molar-refractivity contribution in [1.29, 1.82) is 0 Å². The minimum atomic E-state index is -4.62. The number of hydrazone groups is 1. The van der Waals surface area contributed by atoms with E-state index in [2.05, 4.69) is 17.7 Å². The van der Waals surface area contributed by atoms with Crippen molar-refractivity contribution < 1.29 is 22.0 Å². The summed E-state index contributed by atoms with van der Waals surface area (Å²) >= 11 is 4.12. The van der Waals surface area contributed by atoms with Gasteiger partial charge in [0.1, 0.15) is 17.3 Å². The van der Waals surface area contributed by atoms with Crippen LogP contribution in [0.2, 0.25) is 0 Å². The smallest absolute Gasteiger partial charge is 0.257 e. The highest BCUT2D eigenvalue weighted by molar-refractivity contribution is 7.80. The summed E-state index contributed by atoms with van der Waals surface area (Å²) in [4.78, 5) is 0.627. The second-order valence-electron chi connectivity index (χ2n) is 5.29. The molecule has 2 aromatic rings. The molecule has 0 saturated carbocycles. The lowest BCUT2D eigenvalue weighted by Gasteiger charge is -2.24. The first kappa shape index (κ1) is 16.8. The molecule has 126 valence electrons. The van der Waals surface area contributed by atoms with Gasteiger partial charge in [0.05, 0.1) is 11.7 Å². The molecule has 0 radical (unpaired) electrons. The Hall–Kier alpha value is -2.09. The van der Waals surface area contributed by atoms with Crippen molar-refractivity contribution in [3.63, 3.8) is 0 Å². The first-order chi connectivity index (χ1) is 11.3. The molecule has 1 aliphatic heterocycles. The molecule has 0 amide bonds. The first-order valence-electron chi connectivity index (χ1n) is 6.93. The lowest BCUT2D eigenvalue weighted by molar-refractivity contribution is -0.0600. The van der Waals surface area contributed by atoms with Crippen LogP contribution in [0, 0.1) is 11.6 Å². The van der Waals surface area contributed by atoms with Gasteiger partial charge in [-0.25, -0.2) is 8.78 Å². The molecule has 0 spiro atoms. The van der Waals surface area contributed by atoms with E-state index in [1.165, 1.54) is 0 Å². The molecule has 1 unspecified atom stereocenters. The van der Waals surface area contributed by atoms with Crippen LogP contribution in [0.4, 0.5) is 27.6 Å². The van der Waals surface area contributed by atoms with Crippen LogP contribution in [0.15, 0.2) is 52.5 Å². The van der Waals surface area contributed by atoms with Gasteiger partial charge in [-0.05, 0) is 30.3 Å². The van der Waals surface area contributed by atoms with E-state index in [-0.39, 0.29) is 5.56 Å². The van der Waals surface area contributed by atoms with E-state index in [1.807, 2.05) is 0 Å². The summed E-state index contributed by atoms with van der Waals surface area (Å²) < 4.78 is 66.3. The number of halogens is 5. The van der Waals surface area contributed by atoms with Crippen LogP contribution in [0.5, 0.6) is 0 Å². The van der Waals surface area contributed by atoms with Gasteiger partial charge in [0, 0.05) is 22.9 Å². The lowest BCUT2D eigenvalue weighted by atomic mass is 10.0. The molecule has 2 nitrogen and oxygen atoms in total. The predicted molar refractivity (Wildman–Crippen MR) is 83.4 cm³/mol. The van der Waals surface area contributed by atoms with E-state index in [0.29, 0.717) is 16.6 Å². The highest BCUT2D eigenvalue weighted by Gasteiger charge is 2.44. The van der Waals surface area contributed by atoms with Crippen LogP contribution in [0.25, 0.3) is 0 Å². The molecule has 24 heavy (non-hydrogen) atoms. The number of thiol groups is 1. The number of anilines is 1. The molecule has 0 fully saturated rings.